The van der Waals surface area contributed by atoms with Crippen molar-refractivity contribution in [2.24, 2.45) is 5.10 Å². The number of benzene rings is 2. The van der Waals surface area contributed by atoms with Gasteiger partial charge in [0.05, 0.1) is 21.2 Å². The van der Waals surface area contributed by atoms with Crippen molar-refractivity contribution in [3.63, 3.8) is 0 Å². The molecule has 3 rings (SSSR count). The summed E-state index contributed by atoms with van der Waals surface area (Å²) < 4.78 is 25.5. The third-order valence-corrected chi connectivity index (χ3v) is 6.32. The van der Waals surface area contributed by atoms with E-state index in [1.54, 1.807) is 36.4 Å². The van der Waals surface area contributed by atoms with Gasteiger partial charge in [-0.3, -0.25) is 5.43 Å². The molecule has 0 amide bonds. The lowest BCUT2D eigenvalue weighted by atomic mass is 10.0. The van der Waals surface area contributed by atoms with Gasteiger partial charge in [-0.05, 0) is 73.7 Å². The average molecular weight is 369 g/mol. The largest absolute Gasteiger partial charge is 0.278 e. The van der Waals surface area contributed by atoms with Crippen LogP contribution in [0, 0.1) is 0 Å². The monoisotopic (exact) mass is 368 g/mol. The predicted octanol–water partition coefficient (Wildman–Crippen LogP) is 5.15. The smallest absolute Gasteiger partial charge is 0.206 e. The molecule has 0 aromatic heterocycles. The fraction of sp³-hybridized carbons (Fsp3) is 0.286. The number of allylic oxidation sites excluding steroid dienone is 2. The molecule has 0 saturated heterocycles. The molecule has 0 fully saturated rings. The van der Waals surface area contributed by atoms with Crippen LogP contribution in [0.3, 0.4) is 0 Å². The van der Waals surface area contributed by atoms with E-state index >= 15 is 0 Å². The van der Waals surface area contributed by atoms with Crippen LogP contribution in [0.1, 0.15) is 45.1 Å². The first-order valence-electron chi connectivity index (χ1n) is 8.81. The Morgan fingerprint density at radius 2 is 1.50 bits per heavy atom. The number of nitrogens with one attached hydrogen (secondary N) is 1. The summed E-state index contributed by atoms with van der Waals surface area (Å²) in [4.78, 5) is 0.596. The number of hydrogen-bond acceptors (Lipinski definition) is 4. The molecule has 0 radical (unpaired) electrons. The van der Waals surface area contributed by atoms with Crippen molar-refractivity contribution in [1.29, 1.82) is 0 Å². The van der Waals surface area contributed by atoms with Crippen molar-refractivity contribution in [3.05, 3.63) is 65.7 Å². The van der Waals surface area contributed by atoms with E-state index in [4.69, 9.17) is 0 Å². The molecule has 136 valence electrons. The standard InChI is InChI=1S/C21H24N2O2S/c1-15(2)17-5-10-20(11-6-17)26(24,25)21-12-8-18(9-13-21)22-23-19-7-4-16(3)14-19/h5-6,8-15,22H,4,7H2,1-3H3/b23-19-. The van der Waals surface area contributed by atoms with Gasteiger partial charge in [0.25, 0.3) is 0 Å². The average Bonchev–Trinajstić information content (AvgIpc) is 3.06. The number of hydrogen-bond donors (Lipinski definition) is 1. The first-order chi connectivity index (χ1) is 12.4. The van der Waals surface area contributed by atoms with Gasteiger partial charge >= 0.3 is 0 Å². The normalized spacial score (nSPS) is 16.2. The van der Waals surface area contributed by atoms with E-state index in [0.717, 1.165) is 29.8 Å². The molecular formula is C21H24N2O2S. The van der Waals surface area contributed by atoms with Gasteiger partial charge in [0.15, 0.2) is 0 Å². The van der Waals surface area contributed by atoms with Crippen molar-refractivity contribution in [3.8, 4) is 0 Å². The molecule has 1 N–H and O–H groups in total. The van der Waals surface area contributed by atoms with Crippen LogP contribution in [-0.4, -0.2) is 14.1 Å². The zero-order valence-corrected chi connectivity index (χ0v) is 16.2. The Morgan fingerprint density at radius 1 is 0.923 bits per heavy atom. The van der Waals surface area contributed by atoms with Gasteiger partial charge in [-0.15, -0.1) is 0 Å². The Bertz CT molecular complexity index is 939. The lowest BCUT2D eigenvalue weighted by Crippen LogP contribution is -2.03. The molecule has 0 saturated carbocycles. The number of nitrogens with zero attached hydrogens (tertiary/aromatic N) is 1. The Balaban J connectivity index is 1.76. The maximum atomic E-state index is 12.8. The molecule has 4 nitrogen and oxygen atoms in total. The highest BCUT2D eigenvalue weighted by molar-refractivity contribution is 7.91. The van der Waals surface area contributed by atoms with E-state index < -0.39 is 9.84 Å². The molecular weight excluding hydrogens is 344 g/mol. The molecule has 1 aliphatic carbocycles. The van der Waals surface area contributed by atoms with E-state index in [1.807, 2.05) is 12.1 Å². The lowest BCUT2D eigenvalue weighted by molar-refractivity contribution is 0.596. The molecule has 0 unspecified atom stereocenters. The highest BCUT2D eigenvalue weighted by atomic mass is 32.2. The van der Waals surface area contributed by atoms with Crippen LogP contribution in [-0.2, 0) is 9.84 Å². The van der Waals surface area contributed by atoms with Crippen molar-refractivity contribution in [1.82, 2.24) is 0 Å². The summed E-state index contributed by atoms with van der Waals surface area (Å²) in [6, 6.07) is 13.8. The second-order valence-electron chi connectivity index (χ2n) is 6.96. The summed E-state index contributed by atoms with van der Waals surface area (Å²) in [6.45, 7) is 6.26. The molecule has 0 aliphatic heterocycles. The predicted molar refractivity (Wildman–Crippen MR) is 106 cm³/mol. The third kappa shape index (κ3) is 4.05. The van der Waals surface area contributed by atoms with Gasteiger partial charge in [-0.2, -0.15) is 5.10 Å². The van der Waals surface area contributed by atoms with Crippen LogP contribution >= 0.6 is 0 Å². The van der Waals surface area contributed by atoms with E-state index in [2.05, 4.69) is 37.4 Å². The van der Waals surface area contributed by atoms with Gasteiger partial charge in [0, 0.05) is 0 Å². The van der Waals surface area contributed by atoms with Crippen molar-refractivity contribution >= 4 is 21.2 Å². The molecule has 2 aromatic carbocycles. The summed E-state index contributed by atoms with van der Waals surface area (Å²) in [5.41, 5.74) is 7.23. The van der Waals surface area contributed by atoms with Crippen molar-refractivity contribution < 1.29 is 8.42 Å². The second-order valence-corrected chi connectivity index (χ2v) is 8.91. The Kier molecular flexibility index (Phi) is 5.28. The molecule has 1 aliphatic rings. The molecule has 0 bridgehead atoms. The zero-order chi connectivity index (χ0) is 18.7. The van der Waals surface area contributed by atoms with Crippen molar-refractivity contribution in [2.45, 2.75) is 49.3 Å². The van der Waals surface area contributed by atoms with E-state index in [-0.39, 0.29) is 4.90 Å². The Hall–Kier alpha value is -2.40. The van der Waals surface area contributed by atoms with Crippen LogP contribution in [0.5, 0.6) is 0 Å². The minimum atomic E-state index is -3.51. The minimum Gasteiger partial charge on any atom is -0.278 e. The van der Waals surface area contributed by atoms with Crippen LogP contribution in [0.15, 0.2) is 75.1 Å². The fourth-order valence-electron chi connectivity index (χ4n) is 2.86. The quantitative estimate of drug-likeness (QED) is 0.743. The maximum absolute atomic E-state index is 12.8. The molecule has 0 heterocycles. The van der Waals surface area contributed by atoms with Gasteiger partial charge in [-0.25, -0.2) is 8.42 Å². The van der Waals surface area contributed by atoms with E-state index in [1.165, 1.54) is 5.57 Å². The number of rotatable bonds is 5. The summed E-state index contributed by atoms with van der Waals surface area (Å²) in [7, 11) is -3.51. The first-order valence-corrected chi connectivity index (χ1v) is 10.3. The highest BCUT2D eigenvalue weighted by Crippen LogP contribution is 2.24. The Morgan fingerprint density at radius 3 is 2.00 bits per heavy atom. The molecule has 2 aromatic rings. The molecule has 0 spiro atoms. The fourth-order valence-corrected chi connectivity index (χ4v) is 4.12. The van der Waals surface area contributed by atoms with Gasteiger partial charge < -0.3 is 0 Å². The zero-order valence-electron chi connectivity index (χ0n) is 15.4. The van der Waals surface area contributed by atoms with Gasteiger partial charge in [-0.1, -0.05) is 31.6 Å². The second kappa shape index (κ2) is 7.46. The molecule has 5 heteroatoms. The SMILES string of the molecule is CC1=C/C(=N\Nc2ccc(S(=O)(=O)c3ccc(C(C)C)cc3)cc2)CC1. The Labute approximate surface area is 155 Å². The third-order valence-electron chi connectivity index (χ3n) is 4.54. The van der Waals surface area contributed by atoms with Crippen LogP contribution in [0.2, 0.25) is 0 Å². The van der Waals surface area contributed by atoms with Crippen LogP contribution < -0.4 is 5.43 Å². The molecule has 26 heavy (non-hydrogen) atoms. The van der Waals surface area contributed by atoms with Crippen LogP contribution in [0.25, 0.3) is 0 Å². The summed E-state index contributed by atoms with van der Waals surface area (Å²) in [5.74, 6) is 0.372. The van der Waals surface area contributed by atoms with Gasteiger partial charge in [0.2, 0.25) is 9.84 Å². The number of anilines is 1. The number of sulfone groups is 1. The topological polar surface area (TPSA) is 58.5 Å². The first kappa shape index (κ1) is 18.4. The highest BCUT2D eigenvalue weighted by Gasteiger charge is 2.17. The molecule has 0 atom stereocenters. The van der Waals surface area contributed by atoms with E-state index in [0.29, 0.717) is 10.8 Å². The van der Waals surface area contributed by atoms with Crippen LogP contribution in [0.4, 0.5) is 5.69 Å². The van der Waals surface area contributed by atoms with E-state index in [9.17, 15) is 8.42 Å². The summed E-state index contributed by atoms with van der Waals surface area (Å²) in [5, 5.41) is 4.36. The minimum absolute atomic E-state index is 0.282. The summed E-state index contributed by atoms with van der Waals surface area (Å²) >= 11 is 0. The lowest BCUT2D eigenvalue weighted by Gasteiger charge is -2.09. The number of hydrazone groups is 1. The van der Waals surface area contributed by atoms with Crippen molar-refractivity contribution in [2.75, 3.05) is 5.43 Å². The summed E-state index contributed by atoms with van der Waals surface area (Å²) in [6.07, 6.45) is 4.07. The maximum Gasteiger partial charge on any atom is 0.206 e. The van der Waals surface area contributed by atoms with Gasteiger partial charge in [0.1, 0.15) is 0 Å².